The summed E-state index contributed by atoms with van der Waals surface area (Å²) >= 11 is 1.34. The number of anilines is 1. The molecule has 0 unspecified atom stereocenters. The second-order valence-electron chi connectivity index (χ2n) is 6.42. The summed E-state index contributed by atoms with van der Waals surface area (Å²) in [6, 6.07) is 19.1. The molecular weight excluding hydrogens is 414 g/mol. The number of hydrogen-bond acceptors (Lipinski definition) is 6. The molecule has 0 atom stereocenters. The lowest BCUT2D eigenvalue weighted by atomic mass is 10.1. The summed E-state index contributed by atoms with van der Waals surface area (Å²) in [5.74, 6) is -0.0461. The van der Waals surface area contributed by atoms with Gasteiger partial charge in [0.15, 0.2) is 0 Å². The zero-order valence-corrected chi connectivity index (χ0v) is 17.5. The Labute approximate surface area is 183 Å². The highest BCUT2D eigenvalue weighted by molar-refractivity contribution is 7.99. The highest BCUT2D eigenvalue weighted by Crippen LogP contribution is 2.27. The van der Waals surface area contributed by atoms with Gasteiger partial charge in [0.1, 0.15) is 16.8 Å². The first-order valence-electron chi connectivity index (χ1n) is 9.31. The first kappa shape index (κ1) is 21.9. The van der Waals surface area contributed by atoms with Gasteiger partial charge in [0.2, 0.25) is 5.91 Å². The second kappa shape index (κ2) is 10.3. The molecule has 0 aliphatic carbocycles. The third-order valence-corrected chi connectivity index (χ3v) is 5.34. The Balaban J connectivity index is 1.61. The number of amides is 1. The van der Waals surface area contributed by atoms with E-state index in [1.807, 2.05) is 24.3 Å². The van der Waals surface area contributed by atoms with Crippen LogP contribution >= 0.6 is 11.8 Å². The lowest BCUT2D eigenvalue weighted by Gasteiger charge is -2.08. The van der Waals surface area contributed by atoms with E-state index in [1.165, 1.54) is 23.9 Å². The Morgan fingerprint density at radius 3 is 2.42 bits per heavy atom. The number of nitrogens with zero attached hydrogens (tertiary/aromatic N) is 2. The SMILES string of the molecule is COc1ccc(-c2ccc(C#N)c(SCCC(=O)Nc3ccc(C(=O)O)cc3)n2)cc1. The molecule has 8 heteroatoms. The van der Waals surface area contributed by atoms with Crippen molar-refractivity contribution in [2.45, 2.75) is 11.4 Å². The molecule has 0 aliphatic heterocycles. The van der Waals surface area contributed by atoms with E-state index in [2.05, 4.69) is 16.4 Å². The normalized spacial score (nSPS) is 10.2. The lowest BCUT2D eigenvalue weighted by molar-refractivity contribution is -0.115. The monoisotopic (exact) mass is 433 g/mol. The first-order valence-corrected chi connectivity index (χ1v) is 10.3. The van der Waals surface area contributed by atoms with Gasteiger partial charge >= 0.3 is 5.97 Å². The van der Waals surface area contributed by atoms with Crippen molar-refractivity contribution in [3.63, 3.8) is 0 Å². The van der Waals surface area contributed by atoms with Crippen molar-refractivity contribution in [2.75, 3.05) is 18.2 Å². The summed E-state index contributed by atoms with van der Waals surface area (Å²) in [7, 11) is 1.60. The number of pyridine rings is 1. The van der Waals surface area contributed by atoms with Gasteiger partial charge in [-0.05, 0) is 60.7 Å². The fourth-order valence-electron chi connectivity index (χ4n) is 2.72. The summed E-state index contributed by atoms with van der Waals surface area (Å²) in [5, 5.41) is 21.6. The number of nitrogens with one attached hydrogen (secondary N) is 1. The molecule has 0 saturated heterocycles. The van der Waals surface area contributed by atoms with E-state index in [0.29, 0.717) is 22.0 Å². The average molecular weight is 433 g/mol. The number of methoxy groups -OCH3 is 1. The van der Waals surface area contributed by atoms with Crippen LogP contribution in [-0.4, -0.2) is 34.8 Å². The molecule has 3 rings (SSSR count). The number of carbonyl (C=O) groups excluding carboxylic acids is 1. The van der Waals surface area contributed by atoms with Gasteiger partial charge in [-0.3, -0.25) is 4.79 Å². The molecule has 0 saturated carbocycles. The second-order valence-corrected chi connectivity index (χ2v) is 7.50. The fourth-order valence-corrected chi connectivity index (χ4v) is 3.63. The minimum absolute atomic E-state index is 0.153. The van der Waals surface area contributed by atoms with E-state index in [9.17, 15) is 14.9 Å². The molecule has 0 spiro atoms. The Kier molecular flexibility index (Phi) is 7.25. The predicted octanol–water partition coefficient (Wildman–Crippen LogP) is 4.45. The molecule has 0 aliphatic rings. The summed E-state index contributed by atoms with van der Waals surface area (Å²) in [4.78, 5) is 27.7. The van der Waals surface area contributed by atoms with Gasteiger partial charge in [-0.25, -0.2) is 9.78 Å². The minimum atomic E-state index is -1.02. The molecule has 3 aromatic rings. The Morgan fingerprint density at radius 1 is 1.10 bits per heavy atom. The summed E-state index contributed by atoms with van der Waals surface area (Å²) in [5.41, 5.74) is 2.76. The van der Waals surface area contributed by atoms with Crippen LogP contribution in [0.15, 0.2) is 65.7 Å². The topological polar surface area (TPSA) is 112 Å². The van der Waals surface area contributed by atoms with E-state index < -0.39 is 5.97 Å². The number of hydrogen-bond donors (Lipinski definition) is 2. The van der Waals surface area contributed by atoms with Gasteiger partial charge in [0.05, 0.1) is 23.9 Å². The van der Waals surface area contributed by atoms with Crippen LogP contribution in [0.25, 0.3) is 11.3 Å². The standard InChI is InChI=1S/C23H19N3O4S/c1-30-19-9-4-15(5-10-19)20-11-6-17(14-24)22(26-20)31-13-12-21(27)25-18-7-2-16(3-8-18)23(28)29/h2-11H,12-13H2,1H3,(H,25,27)(H,28,29). The molecule has 1 aromatic heterocycles. The van der Waals surface area contributed by atoms with E-state index in [0.717, 1.165) is 17.0 Å². The van der Waals surface area contributed by atoms with Gasteiger partial charge in [-0.15, -0.1) is 11.8 Å². The van der Waals surface area contributed by atoms with E-state index >= 15 is 0 Å². The third-order valence-electron chi connectivity index (χ3n) is 4.35. The van der Waals surface area contributed by atoms with Crippen molar-refractivity contribution in [1.29, 1.82) is 5.26 Å². The van der Waals surface area contributed by atoms with Crippen molar-refractivity contribution in [1.82, 2.24) is 4.98 Å². The van der Waals surface area contributed by atoms with Crippen LogP contribution in [0.4, 0.5) is 5.69 Å². The van der Waals surface area contributed by atoms with E-state index in [1.54, 1.807) is 31.4 Å². The average Bonchev–Trinajstić information content (AvgIpc) is 2.79. The quantitative estimate of drug-likeness (QED) is 0.505. The molecule has 0 bridgehead atoms. The smallest absolute Gasteiger partial charge is 0.335 e. The maximum atomic E-state index is 12.2. The van der Waals surface area contributed by atoms with Gasteiger partial charge < -0.3 is 15.2 Å². The fraction of sp³-hybridized carbons (Fsp3) is 0.130. The number of aromatic carboxylic acids is 1. The lowest BCUT2D eigenvalue weighted by Crippen LogP contribution is -2.12. The molecule has 0 fully saturated rings. The van der Waals surface area contributed by atoms with Crippen molar-refractivity contribution >= 4 is 29.3 Å². The zero-order valence-electron chi connectivity index (χ0n) is 16.7. The van der Waals surface area contributed by atoms with Crippen molar-refractivity contribution < 1.29 is 19.4 Å². The number of carboxylic acid groups (broad SMARTS) is 1. The molecule has 0 radical (unpaired) electrons. The van der Waals surface area contributed by atoms with Crippen LogP contribution in [0.1, 0.15) is 22.3 Å². The number of carbonyl (C=O) groups is 2. The number of carboxylic acids is 1. The van der Waals surface area contributed by atoms with Gasteiger partial charge in [0, 0.05) is 23.4 Å². The number of thioether (sulfide) groups is 1. The summed E-state index contributed by atoms with van der Waals surface area (Å²) in [6.45, 7) is 0. The molecule has 7 nitrogen and oxygen atoms in total. The van der Waals surface area contributed by atoms with Crippen LogP contribution < -0.4 is 10.1 Å². The van der Waals surface area contributed by atoms with Crippen LogP contribution in [0, 0.1) is 11.3 Å². The predicted molar refractivity (Wildman–Crippen MR) is 118 cm³/mol. The largest absolute Gasteiger partial charge is 0.497 e. The molecule has 31 heavy (non-hydrogen) atoms. The molecule has 2 N–H and O–H groups in total. The van der Waals surface area contributed by atoms with E-state index in [4.69, 9.17) is 9.84 Å². The van der Waals surface area contributed by atoms with Crippen molar-refractivity contribution in [2.24, 2.45) is 0 Å². The van der Waals surface area contributed by atoms with Crippen LogP contribution in [0.5, 0.6) is 5.75 Å². The maximum absolute atomic E-state index is 12.2. The molecular formula is C23H19N3O4S. The highest BCUT2D eigenvalue weighted by Gasteiger charge is 2.10. The van der Waals surface area contributed by atoms with Gasteiger partial charge in [-0.1, -0.05) is 0 Å². The molecule has 1 amide bonds. The Bertz CT molecular complexity index is 1120. The third kappa shape index (κ3) is 5.84. The number of rotatable bonds is 8. The number of benzene rings is 2. The summed E-state index contributed by atoms with van der Waals surface area (Å²) in [6.07, 6.45) is 0.213. The minimum Gasteiger partial charge on any atom is -0.497 e. The summed E-state index contributed by atoms with van der Waals surface area (Å²) < 4.78 is 5.17. The van der Waals surface area contributed by atoms with Crippen molar-refractivity contribution in [3.8, 4) is 23.1 Å². The van der Waals surface area contributed by atoms with Crippen LogP contribution in [0.3, 0.4) is 0 Å². The van der Waals surface area contributed by atoms with Crippen LogP contribution in [0.2, 0.25) is 0 Å². The van der Waals surface area contributed by atoms with Gasteiger partial charge in [0.25, 0.3) is 0 Å². The van der Waals surface area contributed by atoms with E-state index in [-0.39, 0.29) is 17.9 Å². The number of aromatic nitrogens is 1. The number of nitriles is 1. The molecule has 156 valence electrons. The van der Waals surface area contributed by atoms with Crippen LogP contribution in [-0.2, 0) is 4.79 Å². The zero-order chi connectivity index (χ0) is 22.2. The molecule has 1 heterocycles. The Hall–Kier alpha value is -3.83. The van der Waals surface area contributed by atoms with Crippen molar-refractivity contribution in [3.05, 3.63) is 71.8 Å². The maximum Gasteiger partial charge on any atom is 0.335 e. The van der Waals surface area contributed by atoms with Gasteiger partial charge in [-0.2, -0.15) is 5.26 Å². The number of ether oxygens (including phenoxy) is 1. The molecule has 2 aromatic carbocycles. The Morgan fingerprint density at radius 2 is 1.81 bits per heavy atom. The first-order chi connectivity index (χ1) is 15.0. The highest BCUT2D eigenvalue weighted by atomic mass is 32.2.